The number of nitrogens with zero attached hydrogens (tertiary/aromatic N) is 1. The van der Waals surface area contributed by atoms with Crippen LogP contribution in [0.25, 0.3) is 0 Å². The second-order valence-corrected chi connectivity index (χ2v) is 5.07. The lowest BCUT2D eigenvalue weighted by atomic mass is 10.2. The number of thioether (sulfide) groups is 1. The molecule has 0 radical (unpaired) electrons. The first-order valence-electron chi connectivity index (χ1n) is 6.04. The molecule has 19 heavy (non-hydrogen) atoms. The van der Waals surface area contributed by atoms with E-state index in [1.54, 1.807) is 17.8 Å². The molecule has 0 saturated heterocycles. The molecule has 1 heterocycles. The number of aromatic nitrogens is 1. The molecule has 0 fully saturated rings. The highest BCUT2D eigenvalue weighted by Crippen LogP contribution is 2.14. The molecule has 1 aromatic heterocycles. The Bertz CT molecular complexity index is 567. The van der Waals surface area contributed by atoms with Gasteiger partial charge in [0.25, 0.3) is 5.91 Å². The number of pyridine rings is 1. The van der Waals surface area contributed by atoms with E-state index in [0.29, 0.717) is 12.2 Å². The third kappa shape index (κ3) is 3.83. The van der Waals surface area contributed by atoms with Crippen LogP contribution in [-0.4, -0.2) is 17.1 Å². The molecule has 3 nitrogen and oxygen atoms in total. The summed E-state index contributed by atoms with van der Waals surface area (Å²) in [5, 5.41) is 2.87. The zero-order valence-electron chi connectivity index (χ0n) is 11.0. The van der Waals surface area contributed by atoms with Crippen LogP contribution in [0.3, 0.4) is 0 Å². The molecule has 0 aliphatic heterocycles. The van der Waals surface area contributed by atoms with Gasteiger partial charge in [-0.2, -0.15) is 0 Å². The number of rotatable bonds is 4. The second kappa shape index (κ2) is 6.38. The van der Waals surface area contributed by atoms with Crippen molar-refractivity contribution in [3.63, 3.8) is 0 Å². The van der Waals surface area contributed by atoms with E-state index in [-0.39, 0.29) is 5.91 Å². The van der Waals surface area contributed by atoms with E-state index in [2.05, 4.69) is 22.4 Å². The van der Waals surface area contributed by atoms with Gasteiger partial charge in [0.2, 0.25) is 0 Å². The van der Waals surface area contributed by atoms with Crippen molar-refractivity contribution in [2.75, 3.05) is 6.26 Å². The van der Waals surface area contributed by atoms with Gasteiger partial charge in [-0.15, -0.1) is 11.8 Å². The smallest absolute Gasteiger partial charge is 0.270 e. The Balaban J connectivity index is 1.96. The van der Waals surface area contributed by atoms with Crippen LogP contribution in [-0.2, 0) is 6.54 Å². The summed E-state index contributed by atoms with van der Waals surface area (Å²) in [6, 6.07) is 13.6. The molecule has 2 aromatic rings. The van der Waals surface area contributed by atoms with Gasteiger partial charge in [-0.3, -0.25) is 4.79 Å². The molecule has 1 amide bonds. The van der Waals surface area contributed by atoms with Crippen molar-refractivity contribution >= 4 is 17.7 Å². The number of carbonyl (C=O) groups is 1. The van der Waals surface area contributed by atoms with Gasteiger partial charge < -0.3 is 5.32 Å². The minimum absolute atomic E-state index is 0.141. The Hall–Kier alpha value is -1.81. The summed E-state index contributed by atoms with van der Waals surface area (Å²) in [5.74, 6) is -0.141. The lowest BCUT2D eigenvalue weighted by Crippen LogP contribution is -2.23. The lowest BCUT2D eigenvalue weighted by Gasteiger charge is -2.06. The number of nitrogens with one attached hydrogen (secondary N) is 1. The Morgan fingerprint density at radius 1 is 1.21 bits per heavy atom. The third-order valence-corrected chi connectivity index (χ3v) is 3.48. The molecule has 0 aliphatic rings. The molecule has 0 aliphatic carbocycles. The summed E-state index contributed by atoms with van der Waals surface area (Å²) >= 11 is 1.70. The molecular formula is C15H16N2OS. The van der Waals surface area contributed by atoms with Gasteiger partial charge in [0.05, 0.1) is 0 Å². The third-order valence-electron chi connectivity index (χ3n) is 2.73. The van der Waals surface area contributed by atoms with E-state index in [4.69, 9.17) is 0 Å². The quantitative estimate of drug-likeness (QED) is 0.870. The maximum Gasteiger partial charge on any atom is 0.270 e. The molecule has 0 bridgehead atoms. The number of amides is 1. The summed E-state index contributed by atoms with van der Waals surface area (Å²) in [4.78, 5) is 17.3. The largest absolute Gasteiger partial charge is 0.347 e. The van der Waals surface area contributed by atoms with Crippen molar-refractivity contribution in [1.82, 2.24) is 10.3 Å². The van der Waals surface area contributed by atoms with Crippen LogP contribution in [0.5, 0.6) is 0 Å². The minimum atomic E-state index is -0.141. The van der Waals surface area contributed by atoms with Crippen LogP contribution in [0.4, 0.5) is 0 Å². The predicted octanol–water partition coefficient (Wildman–Crippen LogP) is 3.04. The number of carbonyl (C=O) groups excluding carboxylic acids is 1. The fraction of sp³-hybridized carbons (Fsp3) is 0.200. The first-order chi connectivity index (χ1) is 9.19. The normalized spacial score (nSPS) is 10.2. The van der Waals surface area contributed by atoms with E-state index in [1.807, 2.05) is 37.4 Å². The maximum atomic E-state index is 11.9. The highest BCUT2D eigenvalue weighted by Gasteiger charge is 2.06. The van der Waals surface area contributed by atoms with Crippen LogP contribution >= 0.6 is 11.8 Å². The predicted molar refractivity (Wildman–Crippen MR) is 78.4 cm³/mol. The Labute approximate surface area is 117 Å². The number of hydrogen-bond donors (Lipinski definition) is 1. The Morgan fingerprint density at radius 3 is 2.58 bits per heavy atom. The van der Waals surface area contributed by atoms with Gasteiger partial charge in [-0.25, -0.2) is 4.98 Å². The SMILES string of the molecule is CSc1ccc(CNC(=O)c2cccc(C)n2)cc1. The van der Waals surface area contributed by atoms with Crippen molar-refractivity contribution in [2.45, 2.75) is 18.4 Å². The average Bonchev–Trinajstić information content (AvgIpc) is 2.45. The fourth-order valence-electron chi connectivity index (χ4n) is 1.69. The molecular weight excluding hydrogens is 256 g/mol. The lowest BCUT2D eigenvalue weighted by molar-refractivity contribution is 0.0945. The maximum absolute atomic E-state index is 11.9. The zero-order chi connectivity index (χ0) is 13.7. The topological polar surface area (TPSA) is 42.0 Å². The van der Waals surface area contributed by atoms with Crippen molar-refractivity contribution in [3.05, 3.63) is 59.4 Å². The first kappa shape index (κ1) is 13.6. The van der Waals surface area contributed by atoms with E-state index >= 15 is 0 Å². The standard InChI is InChI=1S/C15H16N2OS/c1-11-4-3-5-14(17-11)15(18)16-10-12-6-8-13(19-2)9-7-12/h3-9H,10H2,1-2H3,(H,16,18). The van der Waals surface area contributed by atoms with Gasteiger partial charge in [0.15, 0.2) is 0 Å². The molecule has 0 unspecified atom stereocenters. The summed E-state index contributed by atoms with van der Waals surface area (Å²) in [5.41, 5.74) is 2.39. The summed E-state index contributed by atoms with van der Waals surface area (Å²) in [6.07, 6.45) is 2.04. The number of aryl methyl sites for hydroxylation is 1. The van der Waals surface area contributed by atoms with Gasteiger partial charge in [-0.05, 0) is 43.0 Å². The minimum Gasteiger partial charge on any atom is -0.347 e. The molecule has 2 rings (SSSR count). The van der Waals surface area contributed by atoms with Crippen LogP contribution in [0.15, 0.2) is 47.4 Å². The second-order valence-electron chi connectivity index (χ2n) is 4.19. The molecule has 1 aromatic carbocycles. The van der Waals surface area contributed by atoms with E-state index in [0.717, 1.165) is 11.3 Å². The van der Waals surface area contributed by atoms with E-state index < -0.39 is 0 Å². The van der Waals surface area contributed by atoms with Gasteiger partial charge in [0.1, 0.15) is 5.69 Å². The Kier molecular flexibility index (Phi) is 4.58. The van der Waals surface area contributed by atoms with Crippen LogP contribution < -0.4 is 5.32 Å². The zero-order valence-corrected chi connectivity index (χ0v) is 11.8. The van der Waals surface area contributed by atoms with E-state index in [9.17, 15) is 4.79 Å². The van der Waals surface area contributed by atoms with Crippen LogP contribution in [0.1, 0.15) is 21.7 Å². The summed E-state index contributed by atoms with van der Waals surface area (Å²) in [7, 11) is 0. The molecule has 4 heteroatoms. The highest BCUT2D eigenvalue weighted by molar-refractivity contribution is 7.98. The molecule has 98 valence electrons. The fourth-order valence-corrected chi connectivity index (χ4v) is 2.09. The van der Waals surface area contributed by atoms with Crippen LogP contribution in [0.2, 0.25) is 0 Å². The summed E-state index contributed by atoms with van der Waals surface area (Å²) in [6.45, 7) is 2.39. The molecule has 0 saturated carbocycles. The molecule has 1 N–H and O–H groups in total. The monoisotopic (exact) mass is 272 g/mol. The molecule has 0 atom stereocenters. The van der Waals surface area contributed by atoms with Crippen molar-refractivity contribution < 1.29 is 4.79 Å². The number of hydrogen-bond acceptors (Lipinski definition) is 3. The van der Waals surface area contributed by atoms with E-state index in [1.165, 1.54) is 4.90 Å². The number of benzene rings is 1. The van der Waals surface area contributed by atoms with Crippen molar-refractivity contribution in [2.24, 2.45) is 0 Å². The Morgan fingerprint density at radius 2 is 1.95 bits per heavy atom. The van der Waals surface area contributed by atoms with Crippen molar-refractivity contribution in [3.8, 4) is 0 Å². The highest BCUT2D eigenvalue weighted by atomic mass is 32.2. The van der Waals surface area contributed by atoms with Gasteiger partial charge in [-0.1, -0.05) is 18.2 Å². The van der Waals surface area contributed by atoms with Gasteiger partial charge in [0, 0.05) is 17.1 Å². The average molecular weight is 272 g/mol. The summed E-state index contributed by atoms with van der Waals surface area (Å²) < 4.78 is 0. The molecule has 0 spiro atoms. The van der Waals surface area contributed by atoms with Crippen molar-refractivity contribution in [1.29, 1.82) is 0 Å². The van der Waals surface area contributed by atoms with Crippen LogP contribution in [0, 0.1) is 6.92 Å². The van der Waals surface area contributed by atoms with Gasteiger partial charge >= 0.3 is 0 Å². The first-order valence-corrected chi connectivity index (χ1v) is 7.26.